The Morgan fingerprint density at radius 3 is 2.32 bits per heavy atom. The van der Waals surface area contributed by atoms with Gasteiger partial charge in [0.15, 0.2) is 0 Å². The van der Waals surface area contributed by atoms with Gasteiger partial charge in [-0.15, -0.1) is 0 Å². The average Bonchev–Trinajstić information content (AvgIpc) is 2.35. The summed E-state index contributed by atoms with van der Waals surface area (Å²) in [6.07, 6.45) is -0.00898. The molecule has 0 aromatic rings. The molecule has 0 aliphatic carbocycles. The van der Waals surface area contributed by atoms with Gasteiger partial charge in [-0.2, -0.15) is 13.2 Å². The van der Waals surface area contributed by atoms with E-state index in [0.717, 1.165) is 19.6 Å². The fraction of sp³-hybridized carbons (Fsp3) is 1.00. The predicted octanol–water partition coefficient (Wildman–Crippen LogP) is 3.57. The van der Waals surface area contributed by atoms with Crippen molar-refractivity contribution in [1.29, 1.82) is 0 Å². The van der Waals surface area contributed by atoms with Crippen molar-refractivity contribution in [2.45, 2.75) is 70.6 Å². The first-order valence-electron chi connectivity index (χ1n) is 7.42. The number of hydrogen-bond donors (Lipinski definition) is 1. The molecule has 1 rings (SSSR count). The van der Waals surface area contributed by atoms with Crippen LogP contribution in [0.4, 0.5) is 13.2 Å². The van der Waals surface area contributed by atoms with Gasteiger partial charge in [-0.1, -0.05) is 6.42 Å². The highest BCUT2D eigenvalue weighted by Gasteiger charge is 2.26. The molecule has 1 N–H and O–H groups in total. The molecule has 0 aromatic heterocycles. The van der Waals surface area contributed by atoms with Crippen LogP contribution in [0.25, 0.3) is 0 Å². The Kier molecular flexibility index (Phi) is 7.15. The standard InChI is InChI=1S/C14H27F3N2/c1-12(7-6-8-14(15,16)17)18-11-13(2)19-9-4-3-5-10-19/h12-13,18H,3-11H2,1-2H3. The van der Waals surface area contributed by atoms with Crippen molar-refractivity contribution in [2.75, 3.05) is 19.6 Å². The molecule has 2 unspecified atom stereocenters. The van der Waals surface area contributed by atoms with Crippen LogP contribution in [-0.2, 0) is 0 Å². The van der Waals surface area contributed by atoms with Gasteiger partial charge < -0.3 is 5.32 Å². The molecule has 1 heterocycles. The highest BCUT2D eigenvalue weighted by molar-refractivity contribution is 4.74. The van der Waals surface area contributed by atoms with Crippen molar-refractivity contribution in [3.05, 3.63) is 0 Å². The van der Waals surface area contributed by atoms with E-state index in [0.29, 0.717) is 12.5 Å². The Morgan fingerprint density at radius 2 is 1.74 bits per heavy atom. The van der Waals surface area contributed by atoms with Crippen molar-refractivity contribution < 1.29 is 13.2 Å². The van der Waals surface area contributed by atoms with Crippen molar-refractivity contribution in [1.82, 2.24) is 10.2 Å². The second-order valence-electron chi connectivity index (χ2n) is 5.76. The highest BCUT2D eigenvalue weighted by Crippen LogP contribution is 2.22. The van der Waals surface area contributed by atoms with Crippen LogP contribution in [0.3, 0.4) is 0 Å². The van der Waals surface area contributed by atoms with Gasteiger partial charge in [0.2, 0.25) is 0 Å². The van der Waals surface area contributed by atoms with Crippen LogP contribution in [0.5, 0.6) is 0 Å². The molecule has 0 bridgehead atoms. The SMILES string of the molecule is CC(CCCC(F)(F)F)NCC(C)N1CCCCC1. The summed E-state index contributed by atoms with van der Waals surface area (Å²) in [7, 11) is 0. The lowest BCUT2D eigenvalue weighted by molar-refractivity contribution is -0.135. The number of alkyl halides is 3. The van der Waals surface area contributed by atoms with Gasteiger partial charge in [0.1, 0.15) is 0 Å². The maximum absolute atomic E-state index is 12.0. The van der Waals surface area contributed by atoms with E-state index in [9.17, 15) is 13.2 Å². The summed E-state index contributed by atoms with van der Waals surface area (Å²) in [5.74, 6) is 0. The molecule has 19 heavy (non-hydrogen) atoms. The van der Waals surface area contributed by atoms with Crippen molar-refractivity contribution in [3.63, 3.8) is 0 Å². The smallest absolute Gasteiger partial charge is 0.313 e. The van der Waals surface area contributed by atoms with Crippen molar-refractivity contribution >= 4 is 0 Å². The monoisotopic (exact) mass is 280 g/mol. The number of piperidine rings is 1. The van der Waals surface area contributed by atoms with Crippen LogP contribution < -0.4 is 5.32 Å². The quantitative estimate of drug-likeness (QED) is 0.767. The molecule has 2 nitrogen and oxygen atoms in total. The zero-order chi connectivity index (χ0) is 14.3. The molecule has 0 aromatic carbocycles. The fourth-order valence-corrected chi connectivity index (χ4v) is 2.57. The van der Waals surface area contributed by atoms with E-state index < -0.39 is 12.6 Å². The maximum atomic E-state index is 12.0. The molecule has 0 spiro atoms. The summed E-state index contributed by atoms with van der Waals surface area (Å²) < 4.78 is 36.1. The van der Waals surface area contributed by atoms with Crippen molar-refractivity contribution in [2.24, 2.45) is 0 Å². The number of hydrogen-bond acceptors (Lipinski definition) is 2. The minimum Gasteiger partial charge on any atom is -0.313 e. The van der Waals surface area contributed by atoms with E-state index in [2.05, 4.69) is 17.1 Å². The zero-order valence-electron chi connectivity index (χ0n) is 12.1. The maximum Gasteiger partial charge on any atom is 0.389 e. The van der Waals surface area contributed by atoms with Gasteiger partial charge >= 0.3 is 6.18 Å². The van der Waals surface area contributed by atoms with Crippen LogP contribution in [0.2, 0.25) is 0 Å². The lowest BCUT2D eigenvalue weighted by Crippen LogP contribution is -2.44. The minimum absolute atomic E-state index is 0.162. The first-order chi connectivity index (χ1) is 8.88. The van der Waals surface area contributed by atoms with Crippen molar-refractivity contribution in [3.8, 4) is 0 Å². The summed E-state index contributed by atoms with van der Waals surface area (Å²) in [4.78, 5) is 2.47. The molecule has 2 atom stereocenters. The van der Waals surface area contributed by atoms with Crippen LogP contribution in [0, 0.1) is 0 Å². The third-order valence-electron chi connectivity index (χ3n) is 3.87. The van der Waals surface area contributed by atoms with Crippen LogP contribution in [0.15, 0.2) is 0 Å². The Morgan fingerprint density at radius 1 is 1.11 bits per heavy atom. The Labute approximate surface area is 114 Å². The molecule has 0 saturated carbocycles. The van der Waals surface area contributed by atoms with E-state index >= 15 is 0 Å². The van der Waals surface area contributed by atoms with Crippen LogP contribution in [-0.4, -0.2) is 42.8 Å². The number of rotatable bonds is 7. The summed E-state index contributed by atoms with van der Waals surface area (Å²) in [6, 6.07) is 0.639. The molecule has 114 valence electrons. The van der Waals surface area contributed by atoms with Gasteiger partial charge in [0, 0.05) is 25.0 Å². The number of likely N-dealkylation sites (tertiary alicyclic amines) is 1. The predicted molar refractivity (Wildman–Crippen MR) is 72.3 cm³/mol. The molecular formula is C14H27F3N2. The summed E-state index contributed by atoms with van der Waals surface area (Å²) in [6.45, 7) is 7.35. The van der Waals surface area contributed by atoms with Gasteiger partial charge in [-0.3, -0.25) is 4.90 Å². The van der Waals surface area contributed by atoms with Gasteiger partial charge in [-0.25, -0.2) is 0 Å². The molecule has 0 radical (unpaired) electrons. The third-order valence-corrected chi connectivity index (χ3v) is 3.87. The summed E-state index contributed by atoms with van der Waals surface area (Å²) >= 11 is 0. The normalized spacial score (nSPS) is 21.3. The van der Waals surface area contributed by atoms with Gasteiger partial charge in [0.25, 0.3) is 0 Å². The molecular weight excluding hydrogens is 253 g/mol. The molecule has 1 saturated heterocycles. The molecule has 1 aliphatic rings. The van der Waals surface area contributed by atoms with Gasteiger partial charge in [0.05, 0.1) is 0 Å². The Hall–Kier alpha value is -0.290. The van der Waals surface area contributed by atoms with Crippen LogP contribution >= 0.6 is 0 Å². The molecule has 0 amide bonds. The van der Waals surface area contributed by atoms with E-state index in [4.69, 9.17) is 0 Å². The van der Waals surface area contributed by atoms with Gasteiger partial charge in [-0.05, 0) is 52.6 Å². The fourth-order valence-electron chi connectivity index (χ4n) is 2.57. The molecule has 1 fully saturated rings. The lowest BCUT2D eigenvalue weighted by Gasteiger charge is -2.33. The number of nitrogens with one attached hydrogen (secondary N) is 1. The third kappa shape index (κ3) is 7.78. The number of nitrogens with zero attached hydrogens (tertiary/aromatic N) is 1. The lowest BCUT2D eigenvalue weighted by atomic mass is 10.1. The second kappa shape index (κ2) is 8.10. The highest BCUT2D eigenvalue weighted by atomic mass is 19.4. The zero-order valence-corrected chi connectivity index (χ0v) is 12.1. The summed E-state index contributed by atoms with van der Waals surface area (Å²) in [5.41, 5.74) is 0. The van der Waals surface area contributed by atoms with E-state index in [-0.39, 0.29) is 12.5 Å². The van der Waals surface area contributed by atoms with Crippen LogP contribution in [0.1, 0.15) is 52.4 Å². The van der Waals surface area contributed by atoms with E-state index in [1.54, 1.807) is 0 Å². The van der Waals surface area contributed by atoms with E-state index in [1.165, 1.54) is 19.3 Å². The Bertz CT molecular complexity index is 237. The average molecular weight is 280 g/mol. The van der Waals surface area contributed by atoms with E-state index in [1.807, 2.05) is 6.92 Å². The first kappa shape index (κ1) is 16.8. The molecule has 1 aliphatic heterocycles. The largest absolute Gasteiger partial charge is 0.389 e. The minimum atomic E-state index is -4.01. The Balaban J connectivity index is 2.09. The topological polar surface area (TPSA) is 15.3 Å². The number of halogens is 3. The molecule has 5 heteroatoms. The first-order valence-corrected chi connectivity index (χ1v) is 7.42. The summed E-state index contributed by atoms with van der Waals surface area (Å²) in [5, 5.41) is 3.36. The second-order valence-corrected chi connectivity index (χ2v) is 5.76.